The van der Waals surface area contributed by atoms with E-state index < -0.39 is 0 Å². The highest BCUT2D eigenvalue weighted by Crippen LogP contribution is 2.02. The zero-order valence-corrected chi connectivity index (χ0v) is 11.4. The number of likely N-dealkylation sites (N-methyl/N-ethyl adjacent to an activating group) is 1. The van der Waals surface area contributed by atoms with Crippen LogP contribution < -0.4 is 10.6 Å². The van der Waals surface area contributed by atoms with Crippen molar-refractivity contribution in [1.82, 2.24) is 20.2 Å². The fourth-order valence-electron chi connectivity index (χ4n) is 1.63. The van der Waals surface area contributed by atoms with Gasteiger partial charge in [-0.15, -0.1) is 0 Å². The second kappa shape index (κ2) is 6.90. The van der Waals surface area contributed by atoms with Crippen LogP contribution in [0.25, 0.3) is 0 Å². The Labute approximate surface area is 108 Å². The summed E-state index contributed by atoms with van der Waals surface area (Å²) in [6, 6.07) is 0.0668. The number of nitrogens with one attached hydrogen (secondary N) is 2. The van der Waals surface area contributed by atoms with E-state index in [2.05, 4.69) is 20.6 Å². The first-order valence-corrected chi connectivity index (χ1v) is 6.04. The molecule has 2 N–H and O–H groups in total. The predicted octanol–water partition coefficient (Wildman–Crippen LogP) is 0.588. The first-order valence-electron chi connectivity index (χ1n) is 6.04. The Morgan fingerprint density at radius 1 is 1.44 bits per heavy atom. The van der Waals surface area contributed by atoms with Crippen LogP contribution in [0.4, 0.5) is 5.82 Å². The zero-order chi connectivity index (χ0) is 13.5. The van der Waals surface area contributed by atoms with Crippen molar-refractivity contribution in [2.24, 2.45) is 0 Å². The molecule has 0 aliphatic rings. The van der Waals surface area contributed by atoms with Crippen LogP contribution in [0, 0.1) is 0 Å². The van der Waals surface area contributed by atoms with Gasteiger partial charge in [0.25, 0.3) is 5.91 Å². The average molecular weight is 251 g/mol. The van der Waals surface area contributed by atoms with Crippen molar-refractivity contribution in [2.45, 2.75) is 19.9 Å². The third-order valence-electron chi connectivity index (χ3n) is 2.24. The van der Waals surface area contributed by atoms with Crippen LogP contribution in [0.15, 0.2) is 12.4 Å². The minimum absolute atomic E-state index is 0.0668. The van der Waals surface area contributed by atoms with Gasteiger partial charge < -0.3 is 15.5 Å². The second-order valence-corrected chi connectivity index (χ2v) is 4.46. The first kappa shape index (κ1) is 14.4. The number of hydrogen-bond donors (Lipinski definition) is 2. The van der Waals surface area contributed by atoms with Crippen molar-refractivity contribution >= 4 is 11.7 Å². The number of anilines is 1. The third-order valence-corrected chi connectivity index (χ3v) is 2.24. The first-order chi connectivity index (χ1) is 8.52. The molecular formula is C12H21N5O. The van der Waals surface area contributed by atoms with E-state index in [-0.39, 0.29) is 11.9 Å². The van der Waals surface area contributed by atoms with Crippen molar-refractivity contribution in [3.05, 3.63) is 18.1 Å². The zero-order valence-electron chi connectivity index (χ0n) is 11.4. The Kier molecular flexibility index (Phi) is 5.51. The summed E-state index contributed by atoms with van der Waals surface area (Å²) in [7, 11) is 3.93. The summed E-state index contributed by atoms with van der Waals surface area (Å²) < 4.78 is 0. The van der Waals surface area contributed by atoms with Gasteiger partial charge in [-0.25, -0.2) is 4.98 Å². The van der Waals surface area contributed by atoms with Gasteiger partial charge in [-0.3, -0.25) is 9.78 Å². The van der Waals surface area contributed by atoms with Gasteiger partial charge in [-0.1, -0.05) is 0 Å². The van der Waals surface area contributed by atoms with Gasteiger partial charge in [0.2, 0.25) is 0 Å². The lowest BCUT2D eigenvalue weighted by Gasteiger charge is -2.18. The molecule has 0 aliphatic heterocycles. The van der Waals surface area contributed by atoms with Gasteiger partial charge in [0.05, 0.1) is 12.4 Å². The maximum atomic E-state index is 11.9. The molecule has 0 radical (unpaired) electrons. The van der Waals surface area contributed by atoms with Crippen LogP contribution in [-0.2, 0) is 0 Å². The standard InChI is InChI=1S/C12H21N5O/c1-5-14-11-7-13-6-10(16-11)12(18)15-9(2)8-17(3)4/h6-7,9H,5,8H2,1-4H3,(H,14,16)(H,15,18). The predicted molar refractivity (Wildman–Crippen MR) is 71.7 cm³/mol. The van der Waals surface area contributed by atoms with E-state index in [0.717, 1.165) is 13.1 Å². The fourth-order valence-corrected chi connectivity index (χ4v) is 1.63. The molecular weight excluding hydrogens is 230 g/mol. The molecule has 1 aromatic rings. The molecule has 0 bridgehead atoms. The van der Waals surface area contributed by atoms with E-state index in [1.54, 1.807) is 6.20 Å². The number of rotatable bonds is 6. The minimum Gasteiger partial charge on any atom is -0.369 e. The van der Waals surface area contributed by atoms with Crippen LogP contribution in [0.2, 0.25) is 0 Å². The Bertz CT molecular complexity index is 394. The van der Waals surface area contributed by atoms with Crippen LogP contribution in [0.5, 0.6) is 0 Å². The Hall–Kier alpha value is -1.69. The molecule has 1 aromatic heterocycles. The number of amides is 1. The number of carbonyl (C=O) groups excluding carboxylic acids is 1. The molecule has 6 heteroatoms. The molecule has 0 fully saturated rings. The molecule has 0 aromatic carbocycles. The molecule has 1 unspecified atom stereocenters. The van der Waals surface area contributed by atoms with Crippen molar-refractivity contribution in [3.63, 3.8) is 0 Å². The topological polar surface area (TPSA) is 70.2 Å². The van der Waals surface area contributed by atoms with E-state index >= 15 is 0 Å². The molecule has 0 aliphatic carbocycles. The number of aromatic nitrogens is 2. The van der Waals surface area contributed by atoms with Gasteiger partial charge in [0.1, 0.15) is 11.5 Å². The monoisotopic (exact) mass is 251 g/mol. The maximum absolute atomic E-state index is 11.9. The summed E-state index contributed by atoms with van der Waals surface area (Å²) in [5.74, 6) is 0.419. The molecule has 1 rings (SSSR count). The molecule has 0 saturated heterocycles. The van der Waals surface area contributed by atoms with E-state index in [9.17, 15) is 4.79 Å². The number of hydrogen-bond acceptors (Lipinski definition) is 5. The SMILES string of the molecule is CCNc1cncc(C(=O)NC(C)CN(C)C)n1. The number of carbonyl (C=O) groups is 1. The maximum Gasteiger partial charge on any atom is 0.271 e. The molecule has 6 nitrogen and oxygen atoms in total. The Morgan fingerprint density at radius 3 is 2.78 bits per heavy atom. The van der Waals surface area contributed by atoms with Crippen molar-refractivity contribution in [3.8, 4) is 0 Å². The Morgan fingerprint density at radius 2 is 2.17 bits per heavy atom. The minimum atomic E-state index is -0.198. The smallest absolute Gasteiger partial charge is 0.271 e. The largest absolute Gasteiger partial charge is 0.369 e. The van der Waals surface area contributed by atoms with Crippen molar-refractivity contribution < 1.29 is 4.79 Å². The average Bonchev–Trinajstić information content (AvgIpc) is 2.28. The molecule has 100 valence electrons. The van der Waals surface area contributed by atoms with Gasteiger partial charge in [-0.05, 0) is 27.9 Å². The van der Waals surface area contributed by atoms with Gasteiger partial charge in [-0.2, -0.15) is 0 Å². The summed E-state index contributed by atoms with van der Waals surface area (Å²) in [6.45, 7) is 5.45. The number of nitrogens with zero attached hydrogens (tertiary/aromatic N) is 3. The normalized spacial score (nSPS) is 12.3. The Balaban J connectivity index is 2.63. The molecule has 1 atom stereocenters. The highest BCUT2D eigenvalue weighted by Gasteiger charge is 2.12. The van der Waals surface area contributed by atoms with E-state index in [1.807, 2.05) is 32.8 Å². The summed E-state index contributed by atoms with van der Waals surface area (Å²) >= 11 is 0. The van der Waals surface area contributed by atoms with Crippen molar-refractivity contribution in [2.75, 3.05) is 32.5 Å². The summed E-state index contributed by atoms with van der Waals surface area (Å²) in [4.78, 5) is 22.1. The summed E-state index contributed by atoms with van der Waals surface area (Å²) in [5.41, 5.74) is 0.332. The van der Waals surface area contributed by atoms with Gasteiger partial charge in [0.15, 0.2) is 0 Å². The summed E-state index contributed by atoms with van der Waals surface area (Å²) in [5, 5.41) is 5.91. The second-order valence-electron chi connectivity index (χ2n) is 4.46. The van der Waals surface area contributed by atoms with E-state index in [4.69, 9.17) is 0 Å². The highest BCUT2D eigenvalue weighted by atomic mass is 16.1. The van der Waals surface area contributed by atoms with E-state index in [1.165, 1.54) is 6.20 Å². The molecule has 1 amide bonds. The third kappa shape index (κ3) is 4.67. The van der Waals surface area contributed by atoms with Crippen LogP contribution >= 0.6 is 0 Å². The quantitative estimate of drug-likeness (QED) is 0.774. The highest BCUT2D eigenvalue weighted by molar-refractivity contribution is 5.92. The lowest BCUT2D eigenvalue weighted by Crippen LogP contribution is -2.39. The van der Waals surface area contributed by atoms with E-state index in [0.29, 0.717) is 11.5 Å². The molecule has 18 heavy (non-hydrogen) atoms. The lowest BCUT2D eigenvalue weighted by molar-refractivity contribution is 0.0929. The van der Waals surface area contributed by atoms with Crippen molar-refractivity contribution in [1.29, 1.82) is 0 Å². The van der Waals surface area contributed by atoms with Crippen LogP contribution in [-0.4, -0.2) is 54.0 Å². The molecule has 1 heterocycles. The van der Waals surface area contributed by atoms with Crippen LogP contribution in [0.3, 0.4) is 0 Å². The molecule has 0 saturated carbocycles. The fraction of sp³-hybridized carbons (Fsp3) is 0.583. The van der Waals surface area contributed by atoms with Gasteiger partial charge in [0, 0.05) is 19.1 Å². The van der Waals surface area contributed by atoms with Gasteiger partial charge >= 0.3 is 0 Å². The van der Waals surface area contributed by atoms with Crippen LogP contribution in [0.1, 0.15) is 24.3 Å². The molecule has 0 spiro atoms. The summed E-state index contributed by atoms with van der Waals surface area (Å²) in [6.07, 6.45) is 3.07. The lowest BCUT2D eigenvalue weighted by atomic mass is 10.3.